The number of cyclic esters (lactones) is 1. The van der Waals surface area contributed by atoms with Crippen LogP contribution in [0.1, 0.15) is 33.0 Å². The summed E-state index contributed by atoms with van der Waals surface area (Å²) in [6.45, 7) is 0.405. The molecular formula is C13H14O7. The second kappa shape index (κ2) is 4.08. The van der Waals surface area contributed by atoms with E-state index in [0.29, 0.717) is 5.56 Å². The predicted octanol–water partition coefficient (Wildman–Crippen LogP) is -0.129. The van der Waals surface area contributed by atoms with Crippen LogP contribution in [0.3, 0.4) is 0 Å². The van der Waals surface area contributed by atoms with E-state index in [9.17, 15) is 25.2 Å². The van der Waals surface area contributed by atoms with Crippen LogP contribution in [0.2, 0.25) is 0 Å². The van der Waals surface area contributed by atoms with Crippen LogP contribution in [0, 0.1) is 6.92 Å². The molecule has 7 nitrogen and oxygen atoms in total. The van der Waals surface area contributed by atoms with E-state index in [1.54, 1.807) is 0 Å². The third kappa shape index (κ3) is 1.48. The van der Waals surface area contributed by atoms with Gasteiger partial charge in [0.2, 0.25) is 0 Å². The number of carbonyl (C=O) groups excluding carboxylic acids is 1. The standard InChI is InChI=1S/C13H14O7/c1-5-10(15)6-2-20-13(18,4-14)7-3-19-12(17)9(8(6)7)11(5)16/h7,14-16,18H,2-4H2,1H3/t7-,13+/m1/s1. The first kappa shape index (κ1) is 13.2. The Morgan fingerprint density at radius 1 is 1.35 bits per heavy atom. The molecule has 0 saturated carbocycles. The number of phenols is 2. The average molecular weight is 282 g/mol. The summed E-state index contributed by atoms with van der Waals surface area (Å²) in [6, 6.07) is 0. The minimum absolute atomic E-state index is 0.0817. The minimum Gasteiger partial charge on any atom is -0.507 e. The molecule has 2 aliphatic heterocycles. The number of phenolic OH excluding ortho intramolecular Hbond substituents is 2. The molecule has 0 amide bonds. The van der Waals surface area contributed by atoms with Crippen LogP contribution in [-0.4, -0.2) is 45.4 Å². The Hall–Kier alpha value is -1.83. The normalized spacial score (nSPS) is 27.9. The van der Waals surface area contributed by atoms with Gasteiger partial charge in [0.15, 0.2) is 5.79 Å². The molecule has 0 aromatic heterocycles. The number of aromatic hydroxyl groups is 2. The van der Waals surface area contributed by atoms with Crippen LogP contribution in [0.4, 0.5) is 0 Å². The highest BCUT2D eigenvalue weighted by Gasteiger charge is 2.50. The van der Waals surface area contributed by atoms with Crippen molar-refractivity contribution in [3.05, 3.63) is 22.3 Å². The Morgan fingerprint density at radius 2 is 2.05 bits per heavy atom. The van der Waals surface area contributed by atoms with E-state index < -0.39 is 24.3 Å². The van der Waals surface area contributed by atoms with Gasteiger partial charge in [-0.25, -0.2) is 4.79 Å². The van der Waals surface area contributed by atoms with E-state index in [2.05, 4.69) is 0 Å². The van der Waals surface area contributed by atoms with E-state index in [1.807, 2.05) is 0 Å². The lowest BCUT2D eigenvalue weighted by Crippen LogP contribution is -2.50. The van der Waals surface area contributed by atoms with Crippen molar-refractivity contribution in [1.29, 1.82) is 0 Å². The van der Waals surface area contributed by atoms with Crippen LogP contribution in [0.15, 0.2) is 0 Å². The molecular weight excluding hydrogens is 268 g/mol. The molecule has 0 radical (unpaired) electrons. The highest BCUT2D eigenvalue weighted by molar-refractivity contribution is 5.97. The summed E-state index contributed by atoms with van der Waals surface area (Å²) in [5, 5.41) is 39.7. The average Bonchev–Trinajstić information content (AvgIpc) is 2.44. The number of aliphatic hydroxyl groups is 2. The fourth-order valence-corrected chi connectivity index (χ4v) is 2.79. The quantitative estimate of drug-likeness (QED) is 0.530. The van der Waals surface area contributed by atoms with Gasteiger partial charge in [-0.15, -0.1) is 0 Å². The van der Waals surface area contributed by atoms with Gasteiger partial charge in [0.05, 0.1) is 19.1 Å². The highest BCUT2D eigenvalue weighted by atomic mass is 16.6. The van der Waals surface area contributed by atoms with Crippen molar-refractivity contribution in [1.82, 2.24) is 0 Å². The van der Waals surface area contributed by atoms with Crippen LogP contribution in [0.25, 0.3) is 0 Å². The van der Waals surface area contributed by atoms with Gasteiger partial charge in [-0.2, -0.15) is 0 Å². The maximum atomic E-state index is 11.9. The van der Waals surface area contributed by atoms with Gasteiger partial charge < -0.3 is 29.9 Å². The van der Waals surface area contributed by atoms with Gasteiger partial charge >= 0.3 is 5.97 Å². The van der Waals surface area contributed by atoms with Crippen LogP contribution < -0.4 is 0 Å². The third-order valence-corrected chi connectivity index (χ3v) is 4.00. The molecule has 0 saturated heterocycles. The lowest BCUT2D eigenvalue weighted by atomic mass is 9.79. The van der Waals surface area contributed by atoms with Crippen LogP contribution >= 0.6 is 0 Å². The zero-order valence-corrected chi connectivity index (χ0v) is 10.7. The smallest absolute Gasteiger partial charge is 0.342 e. The largest absolute Gasteiger partial charge is 0.507 e. The van der Waals surface area contributed by atoms with Crippen molar-refractivity contribution in [3.8, 4) is 11.5 Å². The fourth-order valence-electron chi connectivity index (χ4n) is 2.79. The van der Waals surface area contributed by atoms with E-state index >= 15 is 0 Å². The molecule has 2 aliphatic rings. The molecule has 108 valence electrons. The first-order chi connectivity index (χ1) is 9.40. The second-order valence-corrected chi connectivity index (χ2v) is 5.03. The lowest BCUT2D eigenvalue weighted by Gasteiger charge is -2.42. The number of hydrogen-bond acceptors (Lipinski definition) is 7. The van der Waals surface area contributed by atoms with Crippen LogP contribution in [0.5, 0.6) is 11.5 Å². The summed E-state index contributed by atoms with van der Waals surface area (Å²) in [6.07, 6.45) is 0. The first-order valence-corrected chi connectivity index (χ1v) is 6.12. The Balaban J connectivity index is 2.34. The van der Waals surface area contributed by atoms with Crippen molar-refractivity contribution < 1.29 is 34.7 Å². The SMILES string of the molecule is Cc1c(O)c2c3c(c1O)C(=O)OC[C@H]3[C@](O)(CO)OC2. The molecule has 20 heavy (non-hydrogen) atoms. The van der Waals surface area contributed by atoms with Gasteiger partial charge in [-0.3, -0.25) is 0 Å². The number of esters is 1. The molecule has 0 aliphatic carbocycles. The van der Waals surface area contributed by atoms with E-state index in [4.69, 9.17) is 9.47 Å². The summed E-state index contributed by atoms with van der Waals surface area (Å²) in [7, 11) is 0. The van der Waals surface area contributed by atoms with E-state index in [1.165, 1.54) is 6.92 Å². The predicted molar refractivity (Wildman–Crippen MR) is 64.4 cm³/mol. The highest BCUT2D eigenvalue weighted by Crippen LogP contribution is 2.49. The zero-order chi connectivity index (χ0) is 14.7. The molecule has 1 aromatic rings. The topological polar surface area (TPSA) is 116 Å². The molecule has 0 fully saturated rings. The van der Waals surface area contributed by atoms with Crippen molar-refractivity contribution in [2.24, 2.45) is 0 Å². The molecule has 3 rings (SSSR count). The van der Waals surface area contributed by atoms with Gasteiger partial charge in [0, 0.05) is 11.1 Å². The van der Waals surface area contributed by atoms with Gasteiger partial charge in [0.1, 0.15) is 23.7 Å². The summed E-state index contributed by atoms with van der Waals surface area (Å²) >= 11 is 0. The number of ether oxygens (including phenoxy) is 2. The van der Waals surface area contributed by atoms with E-state index in [0.717, 1.165) is 0 Å². The molecule has 0 unspecified atom stereocenters. The summed E-state index contributed by atoms with van der Waals surface area (Å²) in [4.78, 5) is 11.9. The molecule has 2 atom stereocenters. The Kier molecular flexibility index (Phi) is 2.69. The third-order valence-electron chi connectivity index (χ3n) is 4.00. The zero-order valence-electron chi connectivity index (χ0n) is 10.7. The van der Waals surface area contributed by atoms with Crippen molar-refractivity contribution >= 4 is 5.97 Å². The molecule has 1 aromatic carbocycles. The Morgan fingerprint density at radius 3 is 2.70 bits per heavy atom. The number of rotatable bonds is 1. The Bertz CT molecular complexity index is 609. The minimum atomic E-state index is -1.91. The maximum Gasteiger partial charge on any atom is 0.342 e. The first-order valence-electron chi connectivity index (χ1n) is 6.12. The van der Waals surface area contributed by atoms with Gasteiger partial charge in [-0.1, -0.05) is 0 Å². The molecule has 7 heteroatoms. The summed E-state index contributed by atoms with van der Waals surface area (Å²) < 4.78 is 10.2. The maximum absolute atomic E-state index is 11.9. The van der Waals surface area contributed by atoms with Crippen molar-refractivity contribution in [2.45, 2.75) is 25.2 Å². The number of hydrogen-bond donors (Lipinski definition) is 4. The van der Waals surface area contributed by atoms with Crippen LogP contribution in [-0.2, 0) is 16.1 Å². The molecule has 0 bridgehead atoms. The number of aliphatic hydroxyl groups excluding tert-OH is 1. The number of benzene rings is 1. The van der Waals surface area contributed by atoms with Gasteiger partial charge in [-0.05, 0) is 12.5 Å². The van der Waals surface area contributed by atoms with Gasteiger partial charge in [0.25, 0.3) is 0 Å². The van der Waals surface area contributed by atoms with E-state index in [-0.39, 0.29) is 41.4 Å². The summed E-state index contributed by atoms with van der Waals surface area (Å²) in [5.74, 6) is -4.04. The number of carbonyl (C=O) groups is 1. The monoisotopic (exact) mass is 282 g/mol. The Labute approximate surface area is 114 Å². The van der Waals surface area contributed by atoms with Crippen molar-refractivity contribution in [3.63, 3.8) is 0 Å². The fraction of sp³-hybridized carbons (Fsp3) is 0.462. The lowest BCUT2D eigenvalue weighted by molar-refractivity contribution is -0.258. The molecule has 2 heterocycles. The second-order valence-electron chi connectivity index (χ2n) is 5.03. The molecule has 4 N–H and O–H groups in total. The van der Waals surface area contributed by atoms with Crippen molar-refractivity contribution in [2.75, 3.05) is 13.2 Å². The summed E-state index contributed by atoms with van der Waals surface area (Å²) in [5.41, 5.74) is 0.677. The molecule has 0 spiro atoms.